The van der Waals surface area contributed by atoms with Gasteiger partial charge < -0.3 is 15.2 Å². The third-order valence-corrected chi connectivity index (χ3v) is 4.66. The number of anilines is 1. The van der Waals surface area contributed by atoms with Gasteiger partial charge in [-0.3, -0.25) is 14.8 Å². The van der Waals surface area contributed by atoms with Gasteiger partial charge in [0.2, 0.25) is 0 Å². The number of methoxy groups -OCH3 is 1. The molecule has 0 aromatic heterocycles. The molecule has 1 saturated heterocycles. The van der Waals surface area contributed by atoms with Crippen LogP contribution in [-0.2, 0) is 0 Å². The second-order valence-electron chi connectivity index (χ2n) is 5.83. The highest BCUT2D eigenvalue weighted by atomic mass is 35.5. The number of hydrogen-bond acceptors (Lipinski definition) is 6. The van der Waals surface area contributed by atoms with Crippen LogP contribution in [0.3, 0.4) is 0 Å². The minimum atomic E-state index is -0.285. The van der Waals surface area contributed by atoms with Crippen molar-refractivity contribution in [3.05, 3.63) is 17.7 Å². The highest BCUT2D eigenvalue weighted by molar-refractivity contribution is 6.70. The van der Waals surface area contributed by atoms with Gasteiger partial charge >= 0.3 is 0 Å². The predicted molar refractivity (Wildman–Crippen MR) is 100 cm³/mol. The smallest absolute Gasteiger partial charge is 0.163 e. The van der Waals surface area contributed by atoms with Crippen LogP contribution in [0, 0.1) is 0 Å². The Morgan fingerprint density at radius 1 is 1.20 bits per heavy atom. The van der Waals surface area contributed by atoms with Gasteiger partial charge in [0.05, 0.1) is 7.11 Å². The SMILES string of the molecule is CN=C(Cl)c1cc(OC)c(OCCN2CCN(CCF)CC2)cc1N. The van der Waals surface area contributed by atoms with E-state index in [1.165, 1.54) is 0 Å². The van der Waals surface area contributed by atoms with E-state index in [1.54, 1.807) is 26.3 Å². The summed E-state index contributed by atoms with van der Waals surface area (Å²) in [6.45, 7) is 5.19. The van der Waals surface area contributed by atoms with Gasteiger partial charge in [-0.25, -0.2) is 4.39 Å². The van der Waals surface area contributed by atoms with E-state index in [0.717, 1.165) is 32.7 Å². The average Bonchev–Trinajstić information content (AvgIpc) is 2.63. The first-order valence-electron chi connectivity index (χ1n) is 8.32. The molecular weight excluding hydrogens is 347 g/mol. The van der Waals surface area contributed by atoms with E-state index in [-0.39, 0.29) is 6.67 Å². The lowest BCUT2D eigenvalue weighted by molar-refractivity contribution is 0.111. The van der Waals surface area contributed by atoms with E-state index < -0.39 is 0 Å². The highest BCUT2D eigenvalue weighted by Crippen LogP contribution is 2.33. The average molecular weight is 373 g/mol. The summed E-state index contributed by atoms with van der Waals surface area (Å²) in [6.07, 6.45) is 0. The molecule has 0 saturated carbocycles. The molecule has 8 heteroatoms. The van der Waals surface area contributed by atoms with Gasteiger partial charge in [0.25, 0.3) is 0 Å². The third kappa shape index (κ3) is 5.45. The number of nitrogens with zero attached hydrogens (tertiary/aromatic N) is 3. The number of alkyl halides is 1. The van der Waals surface area contributed by atoms with Gasteiger partial charge in [0, 0.05) is 63.6 Å². The molecule has 2 rings (SSSR count). The zero-order valence-corrected chi connectivity index (χ0v) is 15.6. The van der Waals surface area contributed by atoms with Crippen LogP contribution in [0.5, 0.6) is 11.5 Å². The lowest BCUT2D eigenvalue weighted by atomic mass is 10.1. The molecule has 0 aliphatic carbocycles. The fraction of sp³-hybridized carbons (Fsp3) is 0.588. The zero-order chi connectivity index (χ0) is 18.2. The van der Waals surface area contributed by atoms with Crippen LogP contribution in [0.15, 0.2) is 17.1 Å². The molecule has 0 amide bonds. The molecule has 0 bridgehead atoms. The molecule has 0 unspecified atom stereocenters. The number of ether oxygens (including phenoxy) is 2. The third-order valence-electron chi connectivity index (χ3n) is 4.29. The molecule has 0 radical (unpaired) electrons. The summed E-state index contributed by atoms with van der Waals surface area (Å²) >= 11 is 6.06. The summed E-state index contributed by atoms with van der Waals surface area (Å²) in [7, 11) is 3.18. The molecule has 1 aromatic carbocycles. The number of rotatable bonds is 8. The Bertz CT molecular complexity index is 592. The fourth-order valence-corrected chi connectivity index (χ4v) is 2.95. The van der Waals surface area contributed by atoms with E-state index in [1.807, 2.05) is 0 Å². The summed E-state index contributed by atoms with van der Waals surface area (Å²) in [6, 6.07) is 3.44. The molecule has 0 atom stereocenters. The van der Waals surface area contributed by atoms with E-state index in [9.17, 15) is 4.39 Å². The molecule has 1 aliphatic heterocycles. The van der Waals surface area contributed by atoms with E-state index in [4.69, 9.17) is 26.8 Å². The van der Waals surface area contributed by atoms with Crippen molar-refractivity contribution in [2.24, 2.45) is 4.99 Å². The quantitative estimate of drug-likeness (QED) is 0.557. The van der Waals surface area contributed by atoms with Gasteiger partial charge in [-0.15, -0.1) is 0 Å². The van der Waals surface area contributed by atoms with Crippen LogP contribution in [0.2, 0.25) is 0 Å². The second-order valence-corrected chi connectivity index (χ2v) is 6.18. The molecule has 1 aliphatic rings. The molecule has 2 N–H and O–H groups in total. The van der Waals surface area contributed by atoms with Crippen molar-refractivity contribution in [1.29, 1.82) is 0 Å². The lowest BCUT2D eigenvalue weighted by Crippen LogP contribution is -2.47. The topological polar surface area (TPSA) is 63.3 Å². The first-order valence-corrected chi connectivity index (χ1v) is 8.70. The molecular formula is C17H26ClFN4O2. The number of aliphatic imine (C=N–C) groups is 1. The molecule has 1 aromatic rings. The first-order chi connectivity index (χ1) is 12.1. The predicted octanol–water partition coefficient (Wildman–Crippen LogP) is 1.86. The maximum absolute atomic E-state index is 12.4. The minimum Gasteiger partial charge on any atom is -0.493 e. The van der Waals surface area contributed by atoms with Crippen LogP contribution in [0.1, 0.15) is 5.56 Å². The van der Waals surface area contributed by atoms with Crippen molar-refractivity contribution in [2.75, 3.05) is 72.4 Å². The fourth-order valence-electron chi connectivity index (χ4n) is 2.79. The van der Waals surface area contributed by atoms with Crippen molar-refractivity contribution in [3.8, 4) is 11.5 Å². The maximum atomic E-state index is 12.4. The van der Waals surface area contributed by atoms with E-state index in [2.05, 4.69) is 14.8 Å². The van der Waals surface area contributed by atoms with Crippen LogP contribution in [0.25, 0.3) is 0 Å². The monoisotopic (exact) mass is 372 g/mol. The Morgan fingerprint density at radius 3 is 2.40 bits per heavy atom. The normalized spacial score (nSPS) is 16.9. The van der Waals surface area contributed by atoms with Crippen molar-refractivity contribution < 1.29 is 13.9 Å². The zero-order valence-electron chi connectivity index (χ0n) is 14.8. The Balaban J connectivity index is 1.89. The standard InChI is InChI=1S/C17H26ClFN4O2/c1-21-17(18)13-11-15(24-2)16(12-14(13)20)25-10-9-23-7-5-22(4-3-19)6-8-23/h11-12H,3-10,20H2,1-2H3. The number of piperazine rings is 1. The summed E-state index contributed by atoms with van der Waals surface area (Å²) < 4.78 is 23.6. The molecule has 6 nitrogen and oxygen atoms in total. The van der Waals surface area contributed by atoms with Gasteiger partial charge in [-0.05, 0) is 6.07 Å². The number of halogens is 2. The highest BCUT2D eigenvalue weighted by Gasteiger charge is 2.17. The van der Waals surface area contributed by atoms with Gasteiger partial charge in [-0.2, -0.15) is 0 Å². The van der Waals surface area contributed by atoms with Gasteiger partial charge in [-0.1, -0.05) is 11.6 Å². The van der Waals surface area contributed by atoms with E-state index >= 15 is 0 Å². The van der Waals surface area contributed by atoms with Crippen molar-refractivity contribution in [1.82, 2.24) is 9.80 Å². The number of benzene rings is 1. The number of nitrogen functional groups attached to an aromatic ring is 1. The number of nitrogens with two attached hydrogens (primary N) is 1. The summed E-state index contributed by atoms with van der Waals surface area (Å²) in [5.74, 6) is 1.15. The van der Waals surface area contributed by atoms with Crippen LogP contribution < -0.4 is 15.2 Å². The van der Waals surface area contributed by atoms with Crippen molar-refractivity contribution in [3.63, 3.8) is 0 Å². The maximum Gasteiger partial charge on any atom is 0.163 e. The number of hydrogen-bond donors (Lipinski definition) is 1. The Morgan fingerprint density at radius 2 is 1.84 bits per heavy atom. The summed E-state index contributed by atoms with van der Waals surface area (Å²) in [4.78, 5) is 8.38. The Hall–Kier alpha value is -1.57. The Kier molecular flexibility index (Phi) is 7.74. The largest absolute Gasteiger partial charge is 0.493 e. The minimum absolute atomic E-state index is 0.285. The summed E-state index contributed by atoms with van der Waals surface area (Å²) in [5, 5.41) is 0.327. The first kappa shape index (κ1) is 19.8. The second kappa shape index (κ2) is 9.79. The molecule has 25 heavy (non-hydrogen) atoms. The van der Waals surface area contributed by atoms with Crippen LogP contribution in [-0.4, -0.2) is 81.7 Å². The van der Waals surface area contributed by atoms with Gasteiger partial charge in [0.1, 0.15) is 18.5 Å². The molecule has 140 valence electrons. The summed E-state index contributed by atoms with van der Waals surface area (Å²) in [5.41, 5.74) is 7.15. The molecule has 1 fully saturated rings. The van der Waals surface area contributed by atoms with E-state index in [0.29, 0.717) is 41.1 Å². The van der Waals surface area contributed by atoms with Gasteiger partial charge in [0.15, 0.2) is 11.5 Å². The van der Waals surface area contributed by atoms with Crippen LogP contribution >= 0.6 is 11.6 Å². The lowest BCUT2D eigenvalue weighted by Gasteiger charge is -2.34. The van der Waals surface area contributed by atoms with Crippen molar-refractivity contribution >= 4 is 22.5 Å². The molecule has 0 spiro atoms. The molecule has 1 heterocycles. The van der Waals surface area contributed by atoms with Crippen LogP contribution in [0.4, 0.5) is 10.1 Å². The Labute approximate surface area is 153 Å². The van der Waals surface area contributed by atoms with Crippen molar-refractivity contribution in [2.45, 2.75) is 0 Å².